The Balaban J connectivity index is 1.72. The highest BCUT2D eigenvalue weighted by Gasteiger charge is 2.22. The van der Waals surface area contributed by atoms with Crippen molar-refractivity contribution >= 4 is 22.4 Å². The largest absolute Gasteiger partial charge is 0.493 e. The maximum Gasteiger partial charge on any atom is 0.256 e. The number of aromatic nitrogens is 1. The first-order chi connectivity index (χ1) is 11.7. The summed E-state index contributed by atoms with van der Waals surface area (Å²) >= 11 is 1.37. The van der Waals surface area contributed by atoms with Gasteiger partial charge in [0.05, 0.1) is 26.5 Å². The molecule has 0 unspecified atom stereocenters. The Labute approximate surface area is 143 Å². The number of carbonyl (C=O) groups is 1. The molecule has 1 aromatic heterocycles. The van der Waals surface area contributed by atoms with Crippen molar-refractivity contribution in [1.82, 2.24) is 10.3 Å². The van der Waals surface area contributed by atoms with Crippen molar-refractivity contribution in [2.75, 3.05) is 39.2 Å². The summed E-state index contributed by atoms with van der Waals surface area (Å²) in [5.41, 5.74) is 1.65. The number of thiazole rings is 1. The standard InChI is InChI=1S/C16H19N3O4S/c1-21-12-4-3-10(7-13(12)22-2)11-9-24-16(18-11)19-15(20)14-8-17-5-6-23-14/h3-4,7,9,14,17H,5-6,8H2,1-2H3,(H,18,19,20)/t14-/m1/s1. The van der Waals surface area contributed by atoms with Crippen LogP contribution in [0, 0.1) is 0 Å². The Morgan fingerprint density at radius 2 is 2.21 bits per heavy atom. The lowest BCUT2D eigenvalue weighted by Gasteiger charge is -2.22. The number of benzene rings is 1. The van der Waals surface area contributed by atoms with Gasteiger partial charge in [-0.25, -0.2) is 4.98 Å². The molecule has 2 heterocycles. The van der Waals surface area contributed by atoms with Gasteiger partial charge in [-0.15, -0.1) is 11.3 Å². The number of anilines is 1. The summed E-state index contributed by atoms with van der Waals surface area (Å²) in [7, 11) is 3.18. The van der Waals surface area contributed by atoms with Crippen LogP contribution in [0.5, 0.6) is 11.5 Å². The van der Waals surface area contributed by atoms with E-state index in [1.807, 2.05) is 23.6 Å². The molecule has 1 saturated heterocycles. The zero-order valence-electron chi connectivity index (χ0n) is 13.5. The van der Waals surface area contributed by atoms with Crippen molar-refractivity contribution < 1.29 is 19.0 Å². The number of hydrogen-bond acceptors (Lipinski definition) is 7. The normalized spacial score (nSPS) is 17.3. The number of ether oxygens (including phenoxy) is 3. The van der Waals surface area contributed by atoms with Crippen molar-refractivity contribution in [1.29, 1.82) is 0 Å². The summed E-state index contributed by atoms with van der Waals surface area (Å²) < 4.78 is 16.0. The molecule has 0 aliphatic carbocycles. The Hall–Kier alpha value is -2.16. The van der Waals surface area contributed by atoms with Crippen LogP contribution >= 0.6 is 11.3 Å². The van der Waals surface area contributed by atoms with E-state index in [0.29, 0.717) is 29.8 Å². The summed E-state index contributed by atoms with van der Waals surface area (Å²) in [5.74, 6) is 1.11. The van der Waals surface area contributed by atoms with Gasteiger partial charge in [0.2, 0.25) is 0 Å². The molecule has 7 nitrogen and oxygen atoms in total. The van der Waals surface area contributed by atoms with E-state index in [0.717, 1.165) is 17.8 Å². The summed E-state index contributed by atoms with van der Waals surface area (Å²) in [4.78, 5) is 16.6. The predicted octanol–water partition coefficient (Wildman–Crippen LogP) is 1.75. The molecule has 1 atom stereocenters. The number of rotatable bonds is 5. The van der Waals surface area contributed by atoms with Crippen LogP contribution in [0.25, 0.3) is 11.3 Å². The maximum absolute atomic E-state index is 12.2. The second-order valence-electron chi connectivity index (χ2n) is 5.16. The Bertz CT molecular complexity index is 713. The van der Waals surface area contributed by atoms with Crippen LogP contribution < -0.4 is 20.1 Å². The molecule has 2 N–H and O–H groups in total. The summed E-state index contributed by atoms with van der Waals surface area (Å²) in [6.45, 7) is 1.82. The first kappa shape index (κ1) is 16.7. The Morgan fingerprint density at radius 3 is 2.92 bits per heavy atom. The molecule has 0 saturated carbocycles. The van der Waals surface area contributed by atoms with E-state index in [9.17, 15) is 4.79 Å². The van der Waals surface area contributed by atoms with Crippen LogP contribution in [0.3, 0.4) is 0 Å². The predicted molar refractivity (Wildman–Crippen MR) is 91.9 cm³/mol. The van der Waals surface area contributed by atoms with Crippen molar-refractivity contribution in [3.8, 4) is 22.8 Å². The molecule has 1 aliphatic heterocycles. The number of amides is 1. The molecule has 128 valence electrons. The molecular formula is C16H19N3O4S. The van der Waals surface area contributed by atoms with Crippen molar-refractivity contribution in [2.45, 2.75) is 6.10 Å². The monoisotopic (exact) mass is 349 g/mol. The molecular weight excluding hydrogens is 330 g/mol. The smallest absolute Gasteiger partial charge is 0.256 e. The molecule has 1 aromatic carbocycles. The Kier molecular flexibility index (Phi) is 5.29. The fourth-order valence-corrected chi connectivity index (χ4v) is 3.10. The molecule has 0 bridgehead atoms. The number of morpholine rings is 1. The lowest BCUT2D eigenvalue weighted by Crippen LogP contribution is -2.45. The van der Waals surface area contributed by atoms with Crippen LogP contribution in [-0.4, -0.2) is 50.9 Å². The average Bonchev–Trinajstić information content (AvgIpc) is 3.10. The van der Waals surface area contributed by atoms with Crippen LogP contribution in [0.2, 0.25) is 0 Å². The van der Waals surface area contributed by atoms with Crippen LogP contribution in [0.1, 0.15) is 0 Å². The quantitative estimate of drug-likeness (QED) is 0.856. The van der Waals surface area contributed by atoms with Gasteiger partial charge in [-0.05, 0) is 18.2 Å². The third-order valence-electron chi connectivity index (χ3n) is 3.63. The molecule has 24 heavy (non-hydrogen) atoms. The van der Waals surface area contributed by atoms with E-state index in [1.54, 1.807) is 14.2 Å². The fourth-order valence-electron chi connectivity index (χ4n) is 2.38. The van der Waals surface area contributed by atoms with Gasteiger partial charge in [0.15, 0.2) is 16.6 Å². The van der Waals surface area contributed by atoms with Crippen LogP contribution in [0.4, 0.5) is 5.13 Å². The van der Waals surface area contributed by atoms with E-state index >= 15 is 0 Å². The minimum Gasteiger partial charge on any atom is -0.493 e. The topological polar surface area (TPSA) is 81.7 Å². The minimum atomic E-state index is -0.479. The van der Waals surface area contributed by atoms with Crippen LogP contribution in [0.15, 0.2) is 23.6 Å². The van der Waals surface area contributed by atoms with E-state index in [2.05, 4.69) is 15.6 Å². The van der Waals surface area contributed by atoms with Crippen molar-refractivity contribution in [2.24, 2.45) is 0 Å². The fraction of sp³-hybridized carbons (Fsp3) is 0.375. The Morgan fingerprint density at radius 1 is 1.38 bits per heavy atom. The first-order valence-electron chi connectivity index (χ1n) is 7.52. The second-order valence-corrected chi connectivity index (χ2v) is 6.02. The summed E-state index contributed by atoms with van der Waals surface area (Å²) in [5, 5.41) is 8.35. The van der Waals surface area contributed by atoms with E-state index < -0.39 is 6.10 Å². The van der Waals surface area contributed by atoms with Gasteiger partial charge >= 0.3 is 0 Å². The minimum absolute atomic E-state index is 0.185. The molecule has 1 aliphatic rings. The van der Waals surface area contributed by atoms with E-state index in [-0.39, 0.29) is 5.91 Å². The third kappa shape index (κ3) is 3.66. The van der Waals surface area contributed by atoms with Crippen LogP contribution in [-0.2, 0) is 9.53 Å². The van der Waals surface area contributed by atoms with Gasteiger partial charge < -0.3 is 19.5 Å². The molecule has 2 aromatic rings. The van der Waals surface area contributed by atoms with Crippen molar-refractivity contribution in [3.63, 3.8) is 0 Å². The maximum atomic E-state index is 12.2. The number of nitrogens with one attached hydrogen (secondary N) is 2. The van der Waals surface area contributed by atoms with Gasteiger partial charge in [0, 0.05) is 24.0 Å². The van der Waals surface area contributed by atoms with Gasteiger partial charge in [-0.3, -0.25) is 10.1 Å². The lowest BCUT2D eigenvalue weighted by molar-refractivity contribution is -0.128. The van der Waals surface area contributed by atoms with Gasteiger partial charge in [0.25, 0.3) is 5.91 Å². The number of nitrogens with zero attached hydrogens (tertiary/aromatic N) is 1. The molecule has 0 spiro atoms. The van der Waals surface area contributed by atoms with E-state index in [1.165, 1.54) is 11.3 Å². The average molecular weight is 349 g/mol. The zero-order chi connectivity index (χ0) is 16.9. The third-order valence-corrected chi connectivity index (χ3v) is 4.39. The van der Waals surface area contributed by atoms with E-state index in [4.69, 9.17) is 14.2 Å². The van der Waals surface area contributed by atoms with Gasteiger partial charge in [-0.1, -0.05) is 0 Å². The lowest BCUT2D eigenvalue weighted by atomic mass is 10.1. The summed E-state index contributed by atoms with van der Waals surface area (Å²) in [6.07, 6.45) is -0.479. The second kappa shape index (κ2) is 7.61. The highest BCUT2D eigenvalue weighted by Crippen LogP contribution is 2.33. The number of hydrogen-bond donors (Lipinski definition) is 2. The first-order valence-corrected chi connectivity index (χ1v) is 8.40. The van der Waals surface area contributed by atoms with Gasteiger partial charge in [0.1, 0.15) is 6.10 Å². The molecule has 1 fully saturated rings. The highest BCUT2D eigenvalue weighted by atomic mass is 32.1. The molecule has 0 radical (unpaired) electrons. The van der Waals surface area contributed by atoms with Crippen molar-refractivity contribution in [3.05, 3.63) is 23.6 Å². The number of carbonyl (C=O) groups excluding carboxylic acids is 1. The molecule has 3 rings (SSSR count). The number of methoxy groups -OCH3 is 2. The molecule has 8 heteroatoms. The SMILES string of the molecule is COc1ccc(-c2csc(NC(=O)[C@H]3CNCCO3)n2)cc1OC. The zero-order valence-corrected chi connectivity index (χ0v) is 14.3. The summed E-state index contributed by atoms with van der Waals surface area (Å²) in [6, 6.07) is 5.58. The highest BCUT2D eigenvalue weighted by molar-refractivity contribution is 7.14. The van der Waals surface area contributed by atoms with Gasteiger partial charge in [-0.2, -0.15) is 0 Å². The molecule has 1 amide bonds.